The van der Waals surface area contributed by atoms with Gasteiger partial charge in [0.2, 0.25) is 5.91 Å². The molecule has 2 aromatic rings. The molecule has 0 N–H and O–H groups in total. The third-order valence-corrected chi connectivity index (χ3v) is 5.68. The molecule has 1 aromatic heterocycles. The summed E-state index contributed by atoms with van der Waals surface area (Å²) >= 11 is 0. The van der Waals surface area contributed by atoms with Gasteiger partial charge in [-0.15, -0.1) is 0 Å². The zero-order valence-corrected chi connectivity index (χ0v) is 18.6. The molecule has 0 radical (unpaired) electrons. The highest BCUT2D eigenvalue weighted by Gasteiger charge is 2.35. The minimum atomic E-state index is -0.630. The number of esters is 1. The summed E-state index contributed by atoms with van der Waals surface area (Å²) in [6.45, 7) is 9.39. The van der Waals surface area contributed by atoms with Crippen molar-refractivity contribution >= 4 is 17.8 Å². The molecule has 1 aliphatic rings. The Kier molecular flexibility index (Phi) is 6.73. The van der Waals surface area contributed by atoms with Gasteiger partial charge in [0.1, 0.15) is 5.69 Å². The first-order valence-corrected chi connectivity index (χ1v) is 10.5. The van der Waals surface area contributed by atoms with Crippen LogP contribution in [0.5, 0.6) is 0 Å². The first-order chi connectivity index (χ1) is 14.8. The molecule has 2 heterocycles. The highest BCUT2D eigenvalue weighted by molar-refractivity contribution is 5.95. The average molecular weight is 424 g/mol. The summed E-state index contributed by atoms with van der Waals surface area (Å²) in [6.07, 6.45) is 0. The lowest BCUT2D eigenvalue weighted by Crippen LogP contribution is -2.54. The fraction of sp³-hybridized carbons (Fsp3) is 0.417. The highest BCUT2D eigenvalue weighted by atomic mass is 16.5. The second-order valence-electron chi connectivity index (χ2n) is 8.13. The van der Waals surface area contributed by atoms with E-state index < -0.39 is 11.4 Å². The van der Waals surface area contributed by atoms with E-state index >= 15 is 0 Å². The number of nitrogens with zero attached hydrogens (tertiary/aromatic N) is 3. The minimum absolute atomic E-state index is 0.0542. The van der Waals surface area contributed by atoms with Gasteiger partial charge in [0.05, 0.1) is 23.3 Å². The van der Waals surface area contributed by atoms with Gasteiger partial charge in [-0.3, -0.25) is 9.59 Å². The SMILES string of the molecule is CCOC(=O)c1ccc(C(=O)N2CCN(C(=O)C(C)(C)c3ccccc3)CC2)nc1C. The van der Waals surface area contributed by atoms with Crippen LogP contribution >= 0.6 is 0 Å². The Morgan fingerprint density at radius 2 is 1.58 bits per heavy atom. The predicted molar refractivity (Wildman–Crippen MR) is 117 cm³/mol. The van der Waals surface area contributed by atoms with Crippen LogP contribution in [-0.2, 0) is 14.9 Å². The molecule has 7 heteroatoms. The van der Waals surface area contributed by atoms with Crippen LogP contribution in [0.3, 0.4) is 0 Å². The van der Waals surface area contributed by atoms with Gasteiger partial charge in [0, 0.05) is 26.2 Å². The molecule has 1 aliphatic heterocycles. The summed E-state index contributed by atoms with van der Waals surface area (Å²) in [5.74, 6) is -0.592. The molecule has 31 heavy (non-hydrogen) atoms. The number of carbonyl (C=O) groups excluding carboxylic acids is 3. The van der Waals surface area contributed by atoms with Gasteiger partial charge in [-0.05, 0) is 45.4 Å². The molecule has 1 fully saturated rings. The molecule has 0 aliphatic carbocycles. The van der Waals surface area contributed by atoms with E-state index in [4.69, 9.17) is 4.74 Å². The number of carbonyl (C=O) groups is 3. The van der Waals surface area contributed by atoms with E-state index in [-0.39, 0.29) is 24.1 Å². The van der Waals surface area contributed by atoms with Crippen LogP contribution < -0.4 is 0 Å². The molecule has 0 atom stereocenters. The van der Waals surface area contributed by atoms with Crippen molar-refractivity contribution in [2.45, 2.75) is 33.1 Å². The van der Waals surface area contributed by atoms with Crippen molar-refractivity contribution in [3.05, 3.63) is 65.0 Å². The maximum Gasteiger partial charge on any atom is 0.339 e. The topological polar surface area (TPSA) is 79.8 Å². The molecular weight excluding hydrogens is 394 g/mol. The molecule has 0 unspecified atom stereocenters. The van der Waals surface area contributed by atoms with Crippen LogP contribution in [0.2, 0.25) is 0 Å². The average Bonchev–Trinajstić information content (AvgIpc) is 2.78. The number of hydrogen-bond acceptors (Lipinski definition) is 5. The standard InChI is InChI=1S/C24H29N3O4/c1-5-31-22(29)19-11-12-20(25-17(19)2)21(28)26-13-15-27(16-14-26)23(30)24(3,4)18-9-7-6-8-10-18/h6-12H,5,13-16H2,1-4H3. The normalized spacial score (nSPS) is 14.3. The molecule has 7 nitrogen and oxygen atoms in total. The highest BCUT2D eigenvalue weighted by Crippen LogP contribution is 2.26. The fourth-order valence-electron chi connectivity index (χ4n) is 3.75. The molecule has 3 rings (SSSR count). The number of amides is 2. The van der Waals surface area contributed by atoms with Crippen molar-refractivity contribution in [3.8, 4) is 0 Å². The Balaban J connectivity index is 1.64. The van der Waals surface area contributed by atoms with Crippen molar-refractivity contribution < 1.29 is 19.1 Å². The summed E-state index contributed by atoms with van der Waals surface area (Å²) in [5.41, 5.74) is 1.45. The van der Waals surface area contributed by atoms with Crippen molar-refractivity contribution in [3.63, 3.8) is 0 Å². The molecule has 1 aromatic carbocycles. The lowest BCUT2D eigenvalue weighted by atomic mass is 9.83. The first kappa shape index (κ1) is 22.5. The van der Waals surface area contributed by atoms with Crippen LogP contribution in [0, 0.1) is 6.92 Å². The molecular formula is C24H29N3O4. The second kappa shape index (κ2) is 9.29. The summed E-state index contributed by atoms with van der Waals surface area (Å²) in [5, 5.41) is 0. The summed E-state index contributed by atoms with van der Waals surface area (Å²) in [4.78, 5) is 45.8. The quantitative estimate of drug-likeness (QED) is 0.691. The van der Waals surface area contributed by atoms with Crippen molar-refractivity contribution in [2.24, 2.45) is 0 Å². The van der Waals surface area contributed by atoms with Gasteiger partial charge in [0.25, 0.3) is 5.91 Å². The first-order valence-electron chi connectivity index (χ1n) is 10.5. The fourth-order valence-corrected chi connectivity index (χ4v) is 3.75. The van der Waals surface area contributed by atoms with E-state index in [2.05, 4.69) is 4.98 Å². The number of pyridine rings is 1. The number of piperazine rings is 1. The Morgan fingerprint density at radius 1 is 0.968 bits per heavy atom. The molecule has 1 saturated heterocycles. The van der Waals surface area contributed by atoms with E-state index in [9.17, 15) is 14.4 Å². The number of benzene rings is 1. The number of hydrogen-bond donors (Lipinski definition) is 0. The monoisotopic (exact) mass is 423 g/mol. The summed E-state index contributed by atoms with van der Waals surface area (Å²) in [6, 6.07) is 12.9. The third kappa shape index (κ3) is 4.76. The smallest absolute Gasteiger partial charge is 0.339 e. The third-order valence-electron chi connectivity index (χ3n) is 5.68. The number of aromatic nitrogens is 1. The maximum absolute atomic E-state index is 13.1. The largest absolute Gasteiger partial charge is 0.462 e. The van der Waals surface area contributed by atoms with Gasteiger partial charge in [-0.2, -0.15) is 0 Å². The van der Waals surface area contributed by atoms with Crippen LogP contribution in [0.15, 0.2) is 42.5 Å². The van der Waals surface area contributed by atoms with Crippen molar-refractivity contribution in [2.75, 3.05) is 32.8 Å². The van der Waals surface area contributed by atoms with Crippen molar-refractivity contribution in [1.29, 1.82) is 0 Å². The second-order valence-corrected chi connectivity index (χ2v) is 8.13. The molecule has 0 saturated carbocycles. The molecule has 0 bridgehead atoms. The van der Waals surface area contributed by atoms with Crippen LogP contribution in [0.4, 0.5) is 0 Å². The minimum Gasteiger partial charge on any atom is -0.462 e. The van der Waals surface area contributed by atoms with Crippen LogP contribution in [0.1, 0.15) is 52.9 Å². The molecule has 0 spiro atoms. The number of ether oxygens (including phenoxy) is 1. The molecule has 164 valence electrons. The summed E-state index contributed by atoms with van der Waals surface area (Å²) in [7, 11) is 0. The van der Waals surface area contributed by atoms with E-state index in [0.29, 0.717) is 37.4 Å². The zero-order chi connectivity index (χ0) is 22.6. The number of aryl methyl sites for hydroxylation is 1. The zero-order valence-electron chi connectivity index (χ0n) is 18.6. The van der Waals surface area contributed by atoms with Crippen molar-refractivity contribution in [1.82, 2.24) is 14.8 Å². The van der Waals surface area contributed by atoms with E-state index in [1.807, 2.05) is 49.1 Å². The Labute approximate surface area is 183 Å². The number of rotatable bonds is 5. The lowest BCUT2D eigenvalue weighted by molar-refractivity contribution is -0.137. The van der Waals surface area contributed by atoms with E-state index in [1.165, 1.54) is 0 Å². The van der Waals surface area contributed by atoms with E-state index in [1.54, 1.807) is 30.9 Å². The van der Waals surface area contributed by atoms with Gasteiger partial charge in [-0.1, -0.05) is 30.3 Å². The van der Waals surface area contributed by atoms with Crippen LogP contribution in [0.25, 0.3) is 0 Å². The maximum atomic E-state index is 13.1. The Morgan fingerprint density at radius 3 is 2.16 bits per heavy atom. The summed E-state index contributed by atoms with van der Waals surface area (Å²) < 4.78 is 5.01. The van der Waals surface area contributed by atoms with Gasteiger partial charge in [-0.25, -0.2) is 9.78 Å². The molecule has 2 amide bonds. The van der Waals surface area contributed by atoms with Gasteiger partial charge < -0.3 is 14.5 Å². The predicted octanol–water partition coefficient (Wildman–Crippen LogP) is 2.83. The Hall–Kier alpha value is -3.22. The Bertz CT molecular complexity index is 964. The van der Waals surface area contributed by atoms with Gasteiger partial charge in [0.15, 0.2) is 0 Å². The van der Waals surface area contributed by atoms with Gasteiger partial charge >= 0.3 is 5.97 Å². The van der Waals surface area contributed by atoms with E-state index in [0.717, 1.165) is 5.56 Å². The lowest BCUT2D eigenvalue weighted by Gasteiger charge is -2.38. The van der Waals surface area contributed by atoms with Crippen LogP contribution in [-0.4, -0.2) is 65.4 Å².